The lowest BCUT2D eigenvalue weighted by molar-refractivity contribution is 0.0987. The summed E-state index contributed by atoms with van der Waals surface area (Å²) in [5.41, 5.74) is 5.21. The van der Waals surface area contributed by atoms with Crippen LogP contribution in [0.5, 0.6) is 0 Å². The molecule has 0 spiro atoms. The average molecular weight is 384 g/mol. The Morgan fingerprint density at radius 3 is 2.82 bits per heavy atom. The van der Waals surface area contributed by atoms with Gasteiger partial charge in [0.25, 0.3) is 6.02 Å². The molecule has 3 rings (SSSR count). The van der Waals surface area contributed by atoms with Crippen LogP contribution in [-0.4, -0.2) is 29.6 Å². The molecule has 2 aromatic rings. The lowest BCUT2D eigenvalue weighted by atomic mass is 9.84. The van der Waals surface area contributed by atoms with Crippen molar-refractivity contribution in [2.75, 3.05) is 6.67 Å². The molecule has 0 aliphatic carbocycles. The second kappa shape index (κ2) is 7.72. The van der Waals surface area contributed by atoms with Crippen molar-refractivity contribution in [2.24, 2.45) is 10.7 Å². The number of nitrogens with zero attached hydrogens (tertiary/aromatic N) is 3. The number of carbonyl (C=O) groups is 1. The SMILES string of the molecule is [C-]#[N+]c1ccc(C(=O)Cc2ccc(F)c([C@]3(CF)C[C@@H](C)OC(N)=N3)c2)nc1. The minimum atomic E-state index is -1.49. The Balaban J connectivity index is 1.92. The number of carbonyl (C=O) groups excluding carboxylic acids is 1. The first-order chi connectivity index (χ1) is 13.4. The van der Waals surface area contributed by atoms with Gasteiger partial charge in [-0.1, -0.05) is 12.1 Å². The average Bonchev–Trinajstić information content (AvgIpc) is 2.68. The summed E-state index contributed by atoms with van der Waals surface area (Å²) in [6.07, 6.45) is 0.960. The number of benzene rings is 1. The molecule has 144 valence electrons. The maximum atomic E-state index is 14.5. The van der Waals surface area contributed by atoms with Crippen LogP contribution in [0.3, 0.4) is 0 Å². The quantitative estimate of drug-likeness (QED) is 0.632. The summed E-state index contributed by atoms with van der Waals surface area (Å²) in [6, 6.07) is 6.87. The summed E-state index contributed by atoms with van der Waals surface area (Å²) in [7, 11) is 0. The van der Waals surface area contributed by atoms with Crippen LogP contribution < -0.4 is 5.73 Å². The summed E-state index contributed by atoms with van der Waals surface area (Å²) in [5, 5.41) is 0. The van der Waals surface area contributed by atoms with E-state index >= 15 is 0 Å². The molecule has 0 unspecified atom stereocenters. The van der Waals surface area contributed by atoms with Gasteiger partial charge >= 0.3 is 0 Å². The van der Waals surface area contributed by atoms with Crippen molar-refractivity contribution in [3.05, 3.63) is 70.6 Å². The molecule has 0 fully saturated rings. The van der Waals surface area contributed by atoms with Gasteiger partial charge in [0.2, 0.25) is 5.69 Å². The molecule has 2 atom stereocenters. The third-order valence-electron chi connectivity index (χ3n) is 4.55. The van der Waals surface area contributed by atoms with Crippen molar-refractivity contribution in [3.8, 4) is 0 Å². The number of ketones is 1. The predicted molar refractivity (Wildman–Crippen MR) is 99.4 cm³/mol. The van der Waals surface area contributed by atoms with Crippen molar-refractivity contribution in [3.63, 3.8) is 0 Å². The molecule has 1 aromatic carbocycles. The van der Waals surface area contributed by atoms with Gasteiger partial charge in [0.15, 0.2) is 5.78 Å². The highest BCUT2D eigenvalue weighted by Crippen LogP contribution is 2.37. The van der Waals surface area contributed by atoms with Gasteiger partial charge in [-0.15, -0.1) is 0 Å². The van der Waals surface area contributed by atoms with Crippen molar-refractivity contribution >= 4 is 17.5 Å². The van der Waals surface area contributed by atoms with Crippen LogP contribution in [0.4, 0.5) is 14.5 Å². The van der Waals surface area contributed by atoms with E-state index in [2.05, 4.69) is 14.8 Å². The summed E-state index contributed by atoms with van der Waals surface area (Å²) in [4.78, 5) is 23.7. The Bertz CT molecular complexity index is 969. The zero-order chi connectivity index (χ0) is 20.3. The zero-order valence-corrected chi connectivity index (χ0v) is 15.2. The van der Waals surface area contributed by atoms with E-state index in [1.54, 1.807) is 6.92 Å². The number of nitrogens with two attached hydrogens (primary N) is 1. The highest BCUT2D eigenvalue weighted by atomic mass is 19.1. The van der Waals surface area contributed by atoms with E-state index < -0.39 is 24.1 Å². The van der Waals surface area contributed by atoms with Gasteiger partial charge in [-0.2, -0.15) is 0 Å². The first kappa shape index (κ1) is 19.4. The second-order valence-electron chi connectivity index (χ2n) is 6.68. The number of alkyl halides is 1. The van der Waals surface area contributed by atoms with Crippen LogP contribution in [0, 0.1) is 12.4 Å². The molecule has 28 heavy (non-hydrogen) atoms. The molecule has 1 aliphatic heterocycles. The van der Waals surface area contributed by atoms with E-state index in [4.69, 9.17) is 17.0 Å². The summed E-state index contributed by atoms with van der Waals surface area (Å²) in [6.45, 7) is 7.67. The lowest BCUT2D eigenvalue weighted by Crippen LogP contribution is -2.41. The number of ether oxygens (including phenoxy) is 1. The number of hydrogen-bond donors (Lipinski definition) is 1. The normalized spacial score (nSPS) is 21.4. The van der Waals surface area contributed by atoms with E-state index in [1.807, 2.05) is 0 Å². The third-order valence-corrected chi connectivity index (χ3v) is 4.55. The predicted octanol–water partition coefficient (Wildman–Crippen LogP) is 3.49. The minimum absolute atomic E-state index is 0.0368. The fraction of sp³-hybridized carbons (Fsp3) is 0.300. The molecule has 0 radical (unpaired) electrons. The molecule has 2 N–H and O–H groups in total. The number of rotatable bonds is 5. The fourth-order valence-corrected chi connectivity index (χ4v) is 3.26. The molecule has 8 heteroatoms. The van der Waals surface area contributed by atoms with Crippen LogP contribution in [0.1, 0.15) is 35.0 Å². The molecule has 0 saturated heterocycles. The zero-order valence-electron chi connectivity index (χ0n) is 15.2. The highest BCUT2D eigenvalue weighted by Gasteiger charge is 2.40. The Labute approximate surface area is 160 Å². The number of aromatic nitrogens is 1. The molecule has 0 saturated carbocycles. The van der Waals surface area contributed by atoms with Gasteiger partial charge in [0.1, 0.15) is 29.8 Å². The van der Waals surface area contributed by atoms with Crippen molar-refractivity contribution in [1.29, 1.82) is 0 Å². The van der Waals surface area contributed by atoms with Crippen LogP contribution in [0.25, 0.3) is 4.85 Å². The minimum Gasteiger partial charge on any atom is -0.462 e. The van der Waals surface area contributed by atoms with E-state index in [-0.39, 0.29) is 35.9 Å². The standard InChI is InChI=1S/C20H18F2N4O2/c1-12-9-20(11-21,26-19(23)28-12)15-7-13(3-5-16(15)22)8-18(27)17-6-4-14(24-2)10-25-17/h3-7,10,12H,8-9,11H2,1H3,(H2,23,26)/t12-,20-/m1/s1. The molecular weight excluding hydrogens is 366 g/mol. The van der Waals surface area contributed by atoms with E-state index in [9.17, 15) is 13.6 Å². The Hall–Kier alpha value is -3.34. The number of Topliss-reactive ketones (excluding diaryl/α,β-unsaturated/α-hetero) is 1. The number of amidine groups is 1. The first-order valence-corrected chi connectivity index (χ1v) is 8.60. The summed E-state index contributed by atoms with van der Waals surface area (Å²) >= 11 is 0. The van der Waals surface area contributed by atoms with Gasteiger partial charge in [0.05, 0.1) is 6.57 Å². The van der Waals surface area contributed by atoms with Gasteiger partial charge in [-0.25, -0.2) is 18.6 Å². The summed E-state index contributed by atoms with van der Waals surface area (Å²) < 4.78 is 33.8. The van der Waals surface area contributed by atoms with E-state index in [0.717, 1.165) is 0 Å². The van der Waals surface area contributed by atoms with Crippen LogP contribution >= 0.6 is 0 Å². The van der Waals surface area contributed by atoms with Gasteiger partial charge in [0, 0.05) is 24.6 Å². The number of hydrogen-bond acceptors (Lipinski definition) is 5. The fourth-order valence-electron chi connectivity index (χ4n) is 3.26. The summed E-state index contributed by atoms with van der Waals surface area (Å²) in [5.74, 6) is -0.925. The molecule has 1 aliphatic rings. The number of halogens is 2. The second-order valence-corrected chi connectivity index (χ2v) is 6.68. The van der Waals surface area contributed by atoms with Crippen LogP contribution in [-0.2, 0) is 16.7 Å². The first-order valence-electron chi connectivity index (χ1n) is 8.60. The molecular formula is C20H18F2N4O2. The Kier molecular flexibility index (Phi) is 5.36. The van der Waals surface area contributed by atoms with Gasteiger partial charge in [-0.3, -0.25) is 9.78 Å². The highest BCUT2D eigenvalue weighted by molar-refractivity contribution is 5.96. The van der Waals surface area contributed by atoms with Crippen molar-refractivity contribution in [1.82, 2.24) is 4.98 Å². The van der Waals surface area contributed by atoms with Crippen molar-refractivity contribution < 1.29 is 18.3 Å². The van der Waals surface area contributed by atoms with Crippen molar-refractivity contribution in [2.45, 2.75) is 31.4 Å². The topological polar surface area (TPSA) is 81.9 Å². The van der Waals surface area contributed by atoms with Crippen LogP contribution in [0.2, 0.25) is 0 Å². The third kappa shape index (κ3) is 3.83. The maximum absolute atomic E-state index is 14.5. The Morgan fingerprint density at radius 2 is 2.21 bits per heavy atom. The lowest BCUT2D eigenvalue weighted by Gasteiger charge is -2.34. The molecule has 2 heterocycles. The van der Waals surface area contributed by atoms with E-state index in [0.29, 0.717) is 11.3 Å². The molecule has 1 aromatic heterocycles. The molecule has 6 nitrogen and oxygen atoms in total. The largest absolute Gasteiger partial charge is 0.462 e. The van der Waals surface area contributed by atoms with E-state index in [1.165, 1.54) is 36.5 Å². The monoisotopic (exact) mass is 384 g/mol. The molecule has 0 amide bonds. The van der Waals surface area contributed by atoms with Crippen LogP contribution in [0.15, 0.2) is 41.5 Å². The number of pyridine rings is 1. The maximum Gasteiger partial charge on any atom is 0.283 e. The molecule has 0 bridgehead atoms. The van der Waals surface area contributed by atoms with Gasteiger partial charge < -0.3 is 10.5 Å². The number of aliphatic imine (C=N–C) groups is 1. The smallest absolute Gasteiger partial charge is 0.283 e. The Morgan fingerprint density at radius 1 is 1.43 bits per heavy atom. The van der Waals surface area contributed by atoms with Gasteiger partial charge in [-0.05, 0) is 30.7 Å².